The molecule has 3 saturated heterocycles. The molecular weight excluding hydrogens is 490 g/mol. The Kier molecular flexibility index (Phi) is 5.73. The van der Waals surface area contributed by atoms with Crippen molar-refractivity contribution in [3.8, 4) is 0 Å². The first-order valence-corrected chi connectivity index (χ1v) is 13.2. The van der Waals surface area contributed by atoms with Crippen LogP contribution in [0.25, 0.3) is 10.1 Å². The van der Waals surface area contributed by atoms with Crippen LogP contribution in [0.15, 0.2) is 28.7 Å². The fourth-order valence-corrected chi connectivity index (χ4v) is 7.16. The summed E-state index contributed by atoms with van der Waals surface area (Å²) in [6.45, 7) is 8.07. The van der Waals surface area contributed by atoms with Crippen LogP contribution in [0.3, 0.4) is 0 Å². The molecule has 2 aromatic rings. The molecule has 3 atom stereocenters. The summed E-state index contributed by atoms with van der Waals surface area (Å²) in [6, 6.07) is 8.17. The van der Waals surface area contributed by atoms with Gasteiger partial charge < -0.3 is 19.5 Å². The Hall–Kier alpha value is -0.990. The second-order valence-electron chi connectivity index (χ2n) is 10.7. The minimum Gasteiger partial charge on any atom is -0.388 e. The minimum atomic E-state index is -0.831. The first-order chi connectivity index (χ1) is 15.1. The maximum atomic E-state index is 13.2. The standard InChI is InChI=1S/C25H32BrNO4S/c1-23(2,29)20-6-7-24(3,31-20)21-14-25(15-30-21)8-10-27(11-9-25)22(28)19-12-16-4-5-17(26)13-18(16)32-19/h4-5,12-13,20-21,29H,6-11,14-15H2,1-3H3/t20-,21-,24+/m0/s1. The van der Waals surface area contributed by atoms with Crippen molar-refractivity contribution in [3.05, 3.63) is 33.6 Å². The summed E-state index contributed by atoms with van der Waals surface area (Å²) in [5, 5.41) is 11.5. The van der Waals surface area contributed by atoms with E-state index in [9.17, 15) is 9.90 Å². The molecule has 1 N–H and O–H groups in total. The second-order valence-corrected chi connectivity index (χ2v) is 12.7. The number of hydrogen-bond acceptors (Lipinski definition) is 5. The van der Waals surface area contributed by atoms with Crippen molar-refractivity contribution in [2.45, 2.75) is 76.3 Å². The third-order valence-electron chi connectivity index (χ3n) is 7.80. The molecule has 3 aliphatic rings. The highest BCUT2D eigenvalue weighted by Gasteiger charge is 2.53. The Labute approximate surface area is 202 Å². The van der Waals surface area contributed by atoms with Gasteiger partial charge in [-0.15, -0.1) is 11.3 Å². The van der Waals surface area contributed by atoms with Crippen LogP contribution >= 0.6 is 27.3 Å². The monoisotopic (exact) mass is 521 g/mol. The third-order valence-corrected chi connectivity index (χ3v) is 9.38. The number of fused-ring (bicyclic) bond motifs is 1. The average Bonchev–Trinajstić information content (AvgIpc) is 3.45. The molecule has 5 rings (SSSR count). The number of carbonyl (C=O) groups is 1. The van der Waals surface area contributed by atoms with Crippen LogP contribution < -0.4 is 0 Å². The van der Waals surface area contributed by atoms with Crippen LogP contribution in [0, 0.1) is 5.41 Å². The summed E-state index contributed by atoms with van der Waals surface area (Å²) in [6.07, 6.45) is 4.59. The molecule has 0 unspecified atom stereocenters. The molecule has 1 aromatic heterocycles. The van der Waals surface area contributed by atoms with Crippen LogP contribution in [0.4, 0.5) is 0 Å². The number of carbonyl (C=O) groups excluding carboxylic acids is 1. The van der Waals surface area contributed by atoms with E-state index in [4.69, 9.17) is 9.47 Å². The molecule has 0 aliphatic carbocycles. The zero-order chi connectivity index (χ0) is 22.7. The van der Waals surface area contributed by atoms with E-state index in [1.165, 1.54) is 0 Å². The van der Waals surface area contributed by atoms with Gasteiger partial charge in [0.05, 0.1) is 34.9 Å². The van der Waals surface area contributed by atoms with Crippen molar-refractivity contribution < 1.29 is 19.4 Å². The molecule has 32 heavy (non-hydrogen) atoms. The molecule has 174 valence electrons. The highest BCUT2D eigenvalue weighted by Crippen LogP contribution is 2.49. The van der Waals surface area contributed by atoms with Gasteiger partial charge in [0.2, 0.25) is 0 Å². The van der Waals surface area contributed by atoms with Crippen molar-refractivity contribution in [3.63, 3.8) is 0 Å². The Balaban J connectivity index is 1.21. The number of halogens is 1. The van der Waals surface area contributed by atoms with Crippen LogP contribution in [0.2, 0.25) is 0 Å². The van der Waals surface area contributed by atoms with E-state index in [0.29, 0.717) is 0 Å². The van der Waals surface area contributed by atoms with Crippen molar-refractivity contribution >= 4 is 43.3 Å². The Morgan fingerprint density at radius 2 is 2.00 bits per heavy atom. The summed E-state index contributed by atoms with van der Waals surface area (Å²) in [7, 11) is 0. The Bertz CT molecular complexity index is 1020. The van der Waals surface area contributed by atoms with Crippen molar-refractivity contribution in [1.82, 2.24) is 4.90 Å². The summed E-state index contributed by atoms with van der Waals surface area (Å²) < 4.78 is 14.8. The number of benzene rings is 1. The number of nitrogens with zero attached hydrogens (tertiary/aromatic N) is 1. The Morgan fingerprint density at radius 3 is 2.69 bits per heavy atom. The summed E-state index contributed by atoms with van der Waals surface area (Å²) in [4.78, 5) is 16.0. The molecule has 3 aliphatic heterocycles. The van der Waals surface area contributed by atoms with Crippen LogP contribution in [-0.4, -0.2) is 59.0 Å². The minimum absolute atomic E-state index is 0.0538. The normalized spacial score (nSPS) is 30.5. The van der Waals surface area contributed by atoms with Gasteiger partial charge in [0, 0.05) is 22.3 Å². The van der Waals surface area contributed by atoms with E-state index >= 15 is 0 Å². The van der Waals surface area contributed by atoms with E-state index in [2.05, 4.69) is 35.0 Å². The first-order valence-electron chi connectivity index (χ1n) is 11.6. The van der Waals surface area contributed by atoms with Gasteiger partial charge in [0.1, 0.15) is 0 Å². The number of amides is 1. The fourth-order valence-electron chi connectivity index (χ4n) is 5.57. The molecule has 3 fully saturated rings. The molecule has 7 heteroatoms. The summed E-state index contributed by atoms with van der Waals surface area (Å²) >= 11 is 5.09. The molecule has 0 bridgehead atoms. The lowest BCUT2D eigenvalue weighted by Gasteiger charge is -2.39. The SMILES string of the molecule is CC(C)(O)[C@@H]1CC[C@](C)([C@@H]2CC3(CCN(C(=O)c4cc5ccc(Br)cc5s4)CC3)CO2)O1. The summed E-state index contributed by atoms with van der Waals surface area (Å²) in [5.74, 6) is 0.145. The number of hydrogen-bond donors (Lipinski definition) is 1. The molecule has 0 saturated carbocycles. The van der Waals surface area contributed by atoms with E-state index in [-0.39, 0.29) is 29.1 Å². The van der Waals surface area contributed by atoms with Gasteiger partial charge in [-0.2, -0.15) is 0 Å². The number of thiophene rings is 1. The lowest BCUT2D eigenvalue weighted by Crippen LogP contribution is -2.45. The lowest BCUT2D eigenvalue weighted by molar-refractivity contribution is -0.155. The van der Waals surface area contributed by atoms with E-state index in [1.54, 1.807) is 11.3 Å². The van der Waals surface area contributed by atoms with Crippen molar-refractivity contribution in [2.75, 3.05) is 19.7 Å². The highest BCUT2D eigenvalue weighted by atomic mass is 79.9. The van der Waals surface area contributed by atoms with Gasteiger partial charge in [-0.3, -0.25) is 4.79 Å². The van der Waals surface area contributed by atoms with Gasteiger partial charge in [-0.1, -0.05) is 22.0 Å². The number of piperidine rings is 1. The smallest absolute Gasteiger partial charge is 0.263 e. The predicted octanol–water partition coefficient (Wildman–Crippen LogP) is 5.38. The maximum Gasteiger partial charge on any atom is 0.263 e. The van der Waals surface area contributed by atoms with Crippen LogP contribution in [-0.2, 0) is 9.47 Å². The quantitative estimate of drug-likeness (QED) is 0.588. The lowest BCUT2D eigenvalue weighted by atomic mass is 9.74. The zero-order valence-electron chi connectivity index (χ0n) is 19.0. The van der Waals surface area contributed by atoms with E-state index < -0.39 is 5.60 Å². The number of rotatable bonds is 3. The van der Waals surface area contributed by atoms with Gasteiger partial charge >= 0.3 is 0 Å². The Morgan fingerprint density at radius 1 is 1.25 bits per heavy atom. The molecule has 4 heterocycles. The van der Waals surface area contributed by atoms with Crippen LogP contribution in [0.5, 0.6) is 0 Å². The molecule has 5 nitrogen and oxygen atoms in total. The van der Waals surface area contributed by atoms with E-state index in [0.717, 1.165) is 71.2 Å². The summed E-state index contributed by atoms with van der Waals surface area (Å²) in [5.41, 5.74) is -1.04. The molecular formula is C25H32BrNO4S. The number of likely N-dealkylation sites (tertiary alicyclic amines) is 1. The topological polar surface area (TPSA) is 59.0 Å². The molecule has 1 amide bonds. The third kappa shape index (κ3) is 4.16. The fraction of sp³-hybridized carbons (Fsp3) is 0.640. The average molecular weight is 523 g/mol. The van der Waals surface area contributed by atoms with Crippen molar-refractivity contribution in [2.24, 2.45) is 5.41 Å². The van der Waals surface area contributed by atoms with Crippen molar-refractivity contribution in [1.29, 1.82) is 0 Å². The zero-order valence-corrected chi connectivity index (χ0v) is 21.4. The first kappa shape index (κ1) is 22.8. The van der Waals surface area contributed by atoms with Gasteiger partial charge in [0.15, 0.2) is 0 Å². The molecule has 0 radical (unpaired) electrons. The molecule has 1 aromatic carbocycles. The maximum absolute atomic E-state index is 13.2. The second kappa shape index (κ2) is 8.05. The van der Waals surface area contributed by atoms with Gasteiger partial charge in [-0.25, -0.2) is 0 Å². The number of ether oxygens (including phenoxy) is 2. The predicted molar refractivity (Wildman–Crippen MR) is 130 cm³/mol. The molecule has 1 spiro atoms. The van der Waals surface area contributed by atoms with E-state index in [1.807, 2.05) is 30.9 Å². The number of aliphatic hydroxyl groups is 1. The van der Waals surface area contributed by atoms with Gasteiger partial charge in [-0.05, 0) is 81.9 Å². The van der Waals surface area contributed by atoms with Crippen LogP contribution in [0.1, 0.15) is 62.5 Å². The largest absolute Gasteiger partial charge is 0.388 e. The highest BCUT2D eigenvalue weighted by molar-refractivity contribution is 9.10. The van der Waals surface area contributed by atoms with Gasteiger partial charge in [0.25, 0.3) is 5.91 Å².